The number of anilines is 1. The second-order valence-corrected chi connectivity index (χ2v) is 7.66. The van der Waals surface area contributed by atoms with Crippen LogP contribution in [0.25, 0.3) is 10.8 Å². The normalized spacial score (nSPS) is 10.9. The molecule has 0 bridgehead atoms. The smallest absolute Gasteiger partial charge is 0.329 e. The fourth-order valence-corrected chi connectivity index (χ4v) is 3.61. The van der Waals surface area contributed by atoms with Gasteiger partial charge in [0.2, 0.25) is 0 Å². The molecule has 0 aliphatic heterocycles. The molecule has 0 spiro atoms. The molecule has 0 heterocycles. The number of benzene rings is 4. The van der Waals surface area contributed by atoms with Crippen LogP contribution < -0.4 is 15.5 Å². The molecule has 34 heavy (non-hydrogen) atoms. The van der Waals surface area contributed by atoms with E-state index in [2.05, 4.69) is 34.0 Å². The number of hydrogen-bond donors (Lipinski definition) is 2. The van der Waals surface area contributed by atoms with E-state index in [1.807, 2.05) is 67.6 Å². The lowest BCUT2D eigenvalue weighted by atomic mass is 10.1. The average Bonchev–Trinajstić information content (AvgIpc) is 2.88. The number of amides is 2. The van der Waals surface area contributed by atoms with E-state index >= 15 is 0 Å². The van der Waals surface area contributed by atoms with Crippen LogP contribution in [0.1, 0.15) is 23.6 Å². The Morgan fingerprint density at radius 1 is 0.853 bits per heavy atom. The predicted octanol–water partition coefficient (Wildman–Crippen LogP) is 5.07. The molecule has 4 rings (SSSR count). The van der Waals surface area contributed by atoms with Crippen molar-refractivity contribution in [1.82, 2.24) is 5.43 Å². The molecule has 0 aromatic heterocycles. The van der Waals surface area contributed by atoms with Gasteiger partial charge < -0.3 is 10.1 Å². The predicted molar refractivity (Wildman–Crippen MR) is 135 cm³/mol. The first-order chi connectivity index (χ1) is 16.6. The van der Waals surface area contributed by atoms with Gasteiger partial charge in [-0.3, -0.25) is 9.59 Å². The average molecular weight is 452 g/mol. The van der Waals surface area contributed by atoms with Crippen LogP contribution in [0.4, 0.5) is 5.69 Å². The highest BCUT2D eigenvalue weighted by molar-refractivity contribution is 6.39. The number of hydrazone groups is 1. The summed E-state index contributed by atoms with van der Waals surface area (Å²) in [7, 11) is 0. The van der Waals surface area contributed by atoms with E-state index < -0.39 is 11.8 Å². The summed E-state index contributed by atoms with van der Waals surface area (Å²) >= 11 is 0. The Morgan fingerprint density at radius 3 is 2.47 bits per heavy atom. The van der Waals surface area contributed by atoms with Crippen molar-refractivity contribution in [3.05, 3.63) is 108 Å². The zero-order valence-electron chi connectivity index (χ0n) is 18.8. The number of nitrogens with zero attached hydrogens (tertiary/aromatic N) is 1. The molecule has 6 heteroatoms. The number of para-hydroxylation sites is 1. The number of rotatable bonds is 7. The maximum Gasteiger partial charge on any atom is 0.329 e. The van der Waals surface area contributed by atoms with E-state index in [1.165, 1.54) is 11.6 Å². The summed E-state index contributed by atoms with van der Waals surface area (Å²) in [6.45, 7) is 2.41. The maximum absolute atomic E-state index is 12.2. The SMILES string of the molecule is CCc1ccccc1NC(=O)C(=O)NN=Cc1cccc(OCc2cccc3ccccc23)c1. The number of ether oxygens (including phenoxy) is 1. The Morgan fingerprint density at radius 2 is 1.59 bits per heavy atom. The van der Waals surface area contributed by atoms with Crippen molar-refractivity contribution in [2.24, 2.45) is 5.10 Å². The summed E-state index contributed by atoms with van der Waals surface area (Å²) in [5.74, 6) is -0.937. The standard InChI is InChI=1S/C28H25N3O3/c1-2-21-10-4-6-16-26(21)30-27(32)28(33)31-29-18-20-9-7-14-24(17-20)34-19-23-13-8-12-22-11-3-5-15-25(22)23/h3-18H,2,19H2,1H3,(H,30,32)(H,31,33). The minimum absolute atomic E-state index is 0.429. The molecule has 4 aromatic carbocycles. The van der Waals surface area contributed by atoms with E-state index in [0.717, 1.165) is 28.5 Å². The lowest BCUT2D eigenvalue weighted by molar-refractivity contribution is -0.136. The van der Waals surface area contributed by atoms with Gasteiger partial charge in [0.05, 0.1) is 6.21 Å². The molecule has 0 saturated heterocycles. The number of aryl methyl sites for hydroxylation is 1. The number of carbonyl (C=O) groups is 2. The highest BCUT2D eigenvalue weighted by Crippen LogP contribution is 2.21. The molecule has 2 N–H and O–H groups in total. The monoisotopic (exact) mass is 451 g/mol. The first kappa shape index (κ1) is 22.7. The third-order valence-corrected chi connectivity index (χ3v) is 5.36. The van der Waals surface area contributed by atoms with Crippen molar-refractivity contribution in [1.29, 1.82) is 0 Å². The Labute approximate surface area is 198 Å². The molecule has 0 fully saturated rings. The fourth-order valence-electron chi connectivity index (χ4n) is 3.61. The lowest BCUT2D eigenvalue weighted by Gasteiger charge is -2.09. The molecule has 2 amide bonds. The summed E-state index contributed by atoms with van der Waals surface area (Å²) in [6, 6.07) is 29.0. The number of fused-ring (bicyclic) bond motifs is 1. The van der Waals surface area contributed by atoms with Gasteiger partial charge in [0.1, 0.15) is 12.4 Å². The zero-order chi connectivity index (χ0) is 23.8. The number of nitrogens with one attached hydrogen (secondary N) is 2. The van der Waals surface area contributed by atoms with Crippen molar-refractivity contribution in [2.75, 3.05) is 5.32 Å². The van der Waals surface area contributed by atoms with Gasteiger partial charge in [0.15, 0.2) is 0 Å². The van der Waals surface area contributed by atoms with E-state index in [-0.39, 0.29) is 0 Å². The molecular formula is C28H25N3O3. The minimum atomic E-state index is -0.842. The number of hydrogen-bond acceptors (Lipinski definition) is 4. The summed E-state index contributed by atoms with van der Waals surface area (Å²) < 4.78 is 5.98. The van der Waals surface area contributed by atoms with Crippen LogP contribution in [0.5, 0.6) is 5.75 Å². The Kier molecular flexibility index (Phi) is 7.30. The highest BCUT2D eigenvalue weighted by atomic mass is 16.5. The molecular weight excluding hydrogens is 426 g/mol. The van der Waals surface area contributed by atoms with Crippen LogP contribution >= 0.6 is 0 Å². The van der Waals surface area contributed by atoms with Crippen molar-refractivity contribution in [3.63, 3.8) is 0 Å². The molecule has 0 unspecified atom stereocenters. The van der Waals surface area contributed by atoms with Gasteiger partial charge in [-0.2, -0.15) is 5.10 Å². The molecule has 0 saturated carbocycles. The molecule has 170 valence electrons. The Hall–Kier alpha value is -4.45. The highest BCUT2D eigenvalue weighted by Gasteiger charge is 2.14. The van der Waals surface area contributed by atoms with Crippen molar-refractivity contribution >= 4 is 34.5 Å². The first-order valence-corrected chi connectivity index (χ1v) is 11.1. The number of carbonyl (C=O) groups excluding carboxylic acids is 2. The largest absolute Gasteiger partial charge is 0.489 e. The maximum atomic E-state index is 12.2. The Balaban J connectivity index is 1.34. The van der Waals surface area contributed by atoms with E-state index in [1.54, 1.807) is 12.1 Å². The van der Waals surface area contributed by atoms with Crippen molar-refractivity contribution in [2.45, 2.75) is 20.0 Å². The molecule has 6 nitrogen and oxygen atoms in total. The van der Waals surface area contributed by atoms with Crippen LogP contribution in [-0.2, 0) is 22.6 Å². The molecule has 0 atom stereocenters. The summed E-state index contributed by atoms with van der Waals surface area (Å²) in [5, 5.41) is 8.85. The lowest BCUT2D eigenvalue weighted by Crippen LogP contribution is -2.32. The van der Waals surface area contributed by atoms with Crippen molar-refractivity contribution in [3.8, 4) is 5.75 Å². The molecule has 4 aromatic rings. The second kappa shape index (κ2) is 10.9. The summed E-state index contributed by atoms with van der Waals surface area (Å²) in [6.07, 6.45) is 2.21. The van der Waals surface area contributed by atoms with Crippen molar-refractivity contribution < 1.29 is 14.3 Å². The van der Waals surface area contributed by atoms with E-state index in [4.69, 9.17) is 4.74 Å². The van der Waals surface area contributed by atoms with Gasteiger partial charge in [0, 0.05) is 5.69 Å². The van der Waals surface area contributed by atoms with E-state index in [9.17, 15) is 9.59 Å². The second-order valence-electron chi connectivity index (χ2n) is 7.66. The molecule has 0 aliphatic rings. The van der Waals surface area contributed by atoms with Crippen LogP contribution in [0, 0.1) is 0 Å². The summed E-state index contributed by atoms with van der Waals surface area (Å²) in [5.41, 5.74) is 5.66. The fraction of sp³-hybridized carbons (Fsp3) is 0.107. The summed E-state index contributed by atoms with van der Waals surface area (Å²) in [4.78, 5) is 24.3. The van der Waals surface area contributed by atoms with Crippen LogP contribution in [-0.4, -0.2) is 18.0 Å². The van der Waals surface area contributed by atoms with Gasteiger partial charge in [-0.05, 0) is 52.1 Å². The third kappa shape index (κ3) is 5.66. The molecule has 0 radical (unpaired) electrons. The van der Waals surface area contributed by atoms with Gasteiger partial charge in [-0.15, -0.1) is 0 Å². The zero-order valence-corrected chi connectivity index (χ0v) is 18.8. The Bertz CT molecular complexity index is 1340. The third-order valence-electron chi connectivity index (χ3n) is 5.36. The van der Waals surface area contributed by atoms with Crippen LogP contribution in [0.2, 0.25) is 0 Å². The first-order valence-electron chi connectivity index (χ1n) is 11.1. The molecule has 0 aliphatic carbocycles. The van der Waals surface area contributed by atoms with Crippen LogP contribution in [0.3, 0.4) is 0 Å². The van der Waals surface area contributed by atoms with Gasteiger partial charge >= 0.3 is 11.8 Å². The quantitative estimate of drug-likeness (QED) is 0.234. The van der Waals surface area contributed by atoms with Gasteiger partial charge in [-0.25, -0.2) is 5.43 Å². The van der Waals surface area contributed by atoms with E-state index in [0.29, 0.717) is 18.0 Å². The van der Waals surface area contributed by atoms with Gasteiger partial charge in [-0.1, -0.05) is 79.7 Å². The van der Waals surface area contributed by atoms with Crippen LogP contribution in [0.15, 0.2) is 96.1 Å². The minimum Gasteiger partial charge on any atom is -0.489 e. The van der Waals surface area contributed by atoms with Gasteiger partial charge in [0.25, 0.3) is 0 Å². The topological polar surface area (TPSA) is 79.8 Å².